The van der Waals surface area contributed by atoms with Crippen molar-refractivity contribution >= 4 is 11.0 Å². The molecule has 3 nitrogen and oxygen atoms in total. The lowest BCUT2D eigenvalue weighted by Crippen LogP contribution is -2.17. The molecule has 15 heavy (non-hydrogen) atoms. The second-order valence-corrected chi connectivity index (χ2v) is 3.59. The first-order chi connectivity index (χ1) is 7.31. The highest BCUT2D eigenvalue weighted by molar-refractivity contribution is 5.80. The molecule has 0 atom stereocenters. The summed E-state index contributed by atoms with van der Waals surface area (Å²) in [5.74, 6) is 0. The Kier molecular flexibility index (Phi) is 2.70. The molecule has 0 N–H and O–H groups in total. The quantitative estimate of drug-likeness (QED) is 0.714. The van der Waals surface area contributed by atoms with Crippen LogP contribution in [0.3, 0.4) is 0 Å². The molecule has 1 heterocycles. The molecule has 0 saturated heterocycles. The largest absolute Gasteiger partial charge is 0.464 e. The van der Waals surface area contributed by atoms with Crippen LogP contribution >= 0.6 is 0 Å². The number of hydrogen-bond donors (Lipinski definition) is 0. The predicted octanol–water partition coefficient (Wildman–Crippen LogP) is 2.39. The number of furan rings is 1. The first-order valence-electron chi connectivity index (χ1n) is 4.82. The Hall–Kier alpha value is -1.79. The third-order valence-corrected chi connectivity index (χ3v) is 2.34. The zero-order valence-electron chi connectivity index (χ0n) is 8.60. The van der Waals surface area contributed by atoms with Crippen LogP contribution < -0.4 is 0 Å². The van der Waals surface area contributed by atoms with Crippen molar-refractivity contribution in [3.63, 3.8) is 0 Å². The second kappa shape index (κ2) is 4.16. The minimum Gasteiger partial charge on any atom is -0.464 e. The van der Waals surface area contributed by atoms with Crippen LogP contribution in [0.15, 0.2) is 34.9 Å². The number of fused-ring (bicyclic) bond motifs is 1. The summed E-state index contributed by atoms with van der Waals surface area (Å²) in [5, 5.41) is 9.69. The lowest BCUT2D eigenvalue weighted by atomic mass is 10.2. The summed E-state index contributed by atoms with van der Waals surface area (Å²) in [6, 6.07) is 10.1. The molecule has 0 unspecified atom stereocenters. The highest BCUT2D eigenvalue weighted by Gasteiger charge is 2.06. The summed E-state index contributed by atoms with van der Waals surface area (Å²) in [5.41, 5.74) is 2.03. The van der Waals surface area contributed by atoms with Gasteiger partial charge in [0, 0.05) is 17.5 Å². The van der Waals surface area contributed by atoms with Gasteiger partial charge in [-0.3, -0.25) is 4.90 Å². The normalized spacial score (nSPS) is 10.7. The Morgan fingerprint density at radius 2 is 2.20 bits per heavy atom. The number of para-hydroxylation sites is 1. The van der Waals surface area contributed by atoms with Crippen molar-refractivity contribution in [3.8, 4) is 6.07 Å². The van der Waals surface area contributed by atoms with E-state index in [0.29, 0.717) is 6.54 Å². The Morgan fingerprint density at radius 3 is 3.00 bits per heavy atom. The van der Waals surface area contributed by atoms with Gasteiger partial charge in [-0.1, -0.05) is 18.2 Å². The van der Waals surface area contributed by atoms with Crippen LogP contribution in [0.5, 0.6) is 0 Å². The maximum Gasteiger partial charge on any atom is 0.134 e. The molecule has 0 fully saturated rings. The maximum atomic E-state index is 8.56. The van der Waals surface area contributed by atoms with Gasteiger partial charge in [-0.15, -0.1) is 0 Å². The third-order valence-electron chi connectivity index (χ3n) is 2.34. The van der Waals surface area contributed by atoms with Gasteiger partial charge in [0.05, 0.1) is 18.9 Å². The lowest BCUT2D eigenvalue weighted by Gasteiger charge is -2.10. The van der Waals surface area contributed by atoms with Gasteiger partial charge in [-0.25, -0.2) is 0 Å². The van der Waals surface area contributed by atoms with Crippen molar-refractivity contribution in [1.82, 2.24) is 4.90 Å². The number of nitrogens with zero attached hydrogens (tertiary/aromatic N) is 2. The summed E-state index contributed by atoms with van der Waals surface area (Å²) in [7, 11) is 1.92. The fourth-order valence-electron chi connectivity index (χ4n) is 1.62. The van der Waals surface area contributed by atoms with E-state index in [-0.39, 0.29) is 0 Å². The van der Waals surface area contributed by atoms with Crippen LogP contribution in [0, 0.1) is 11.3 Å². The van der Waals surface area contributed by atoms with E-state index in [1.54, 1.807) is 6.26 Å². The maximum absolute atomic E-state index is 8.56. The van der Waals surface area contributed by atoms with E-state index in [1.807, 2.05) is 36.2 Å². The van der Waals surface area contributed by atoms with Gasteiger partial charge in [-0.2, -0.15) is 5.26 Å². The molecule has 2 aromatic rings. The van der Waals surface area contributed by atoms with E-state index in [1.165, 1.54) is 0 Å². The van der Waals surface area contributed by atoms with Crippen LogP contribution in [-0.4, -0.2) is 18.5 Å². The average molecular weight is 200 g/mol. The van der Waals surface area contributed by atoms with Gasteiger partial charge in [0.1, 0.15) is 5.58 Å². The molecule has 0 radical (unpaired) electrons. The number of rotatable bonds is 3. The second-order valence-electron chi connectivity index (χ2n) is 3.59. The number of nitriles is 1. The Balaban J connectivity index is 2.25. The van der Waals surface area contributed by atoms with E-state index in [0.717, 1.165) is 23.1 Å². The average Bonchev–Trinajstić information content (AvgIpc) is 2.62. The summed E-state index contributed by atoms with van der Waals surface area (Å²) in [4.78, 5) is 1.96. The van der Waals surface area contributed by atoms with Gasteiger partial charge in [0.25, 0.3) is 0 Å². The van der Waals surface area contributed by atoms with E-state index in [9.17, 15) is 0 Å². The van der Waals surface area contributed by atoms with Crippen LogP contribution in [0.1, 0.15) is 5.56 Å². The van der Waals surface area contributed by atoms with Gasteiger partial charge in [0.2, 0.25) is 0 Å². The lowest BCUT2D eigenvalue weighted by molar-refractivity contribution is 0.366. The summed E-state index contributed by atoms with van der Waals surface area (Å²) >= 11 is 0. The molecular weight excluding hydrogens is 188 g/mol. The van der Waals surface area contributed by atoms with Crippen molar-refractivity contribution in [2.24, 2.45) is 0 Å². The molecular formula is C12H12N2O. The van der Waals surface area contributed by atoms with Crippen LogP contribution in [0.2, 0.25) is 0 Å². The standard InChI is InChI=1S/C12H12N2O/c1-14(7-6-13)8-10-9-15-12-5-3-2-4-11(10)12/h2-5,9H,7-8H2,1H3. The first-order valence-corrected chi connectivity index (χ1v) is 4.82. The summed E-state index contributed by atoms with van der Waals surface area (Å²) in [6.45, 7) is 1.17. The van der Waals surface area contributed by atoms with E-state index in [4.69, 9.17) is 9.68 Å². The number of benzene rings is 1. The molecule has 0 aliphatic carbocycles. The SMILES string of the molecule is CN(CC#N)Cc1coc2ccccc12. The molecule has 0 bridgehead atoms. The van der Waals surface area contributed by atoms with Gasteiger partial charge < -0.3 is 4.42 Å². The van der Waals surface area contributed by atoms with Gasteiger partial charge in [0.15, 0.2) is 0 Å². The van der Waals surface area contributed by atoms with Crippen LogP contribution in [0.4, 0.5) is 0 Å². The zero-order chi connectivity index (χ0) is 10.7. The summed E-state index contributed by atoms with van der Waals surface area (Å²) in [6.07, 6.45) is 1.76. The highest BCUT2D eigenvalue weighted by atomic mass is 16.3. The summed E-state index contributed by atoms with van der Waals surface area (Å²) < 4.78 is 5.42. The zero-order valence-corrected chi connectivity index (χ0v) is 8.60. The topological polar surface area (TPSA) is 40.2 Å². The van der Waals surface area contributed by atoms with E-state index >= 15 is 0 Å². The molecule has 0 saturated carbocycles. The Morgan fingerprint density at radius 1 is 1.40 bits per heavy atom. The molecule has 0 aliphatic rings. The monoisotopic (exact) mass is 200 g/mol. The Bertz CT molecular complexity index is 496. The van der Waals surface area contributed by atoms with Gasteiger partial charge in [-0.05, 0) is 13.1 Å². The number of hydrogen-bond acceptors (Lipinski definition) is 3. The van der Waals surface area contributed by atoms with Crippen molar-refractivity contribution in [2.45, 2.75) is 6.54 Å². The molecule has 0 amide bonds. The third kappa shape index (κ3) is 2.00. The van der Waals surface area contributed by atoms with Crippen molar-refractivity contribution < 1.29 is 4.42 Å². The van der Waals surface area contributed by atoms with Crippen molar-refractivity contribution in [2.75, 3.05) is 13.6 Å². The van der Waals surface area contributed by atoms with Crippen molar-refractivity contribution in [3.05, 3.63) is 36.1 Å². The minimum absolute atomic E-state index is 0.430. The predicted molar refractivity (Wildman–Crippen MR) is 58.2 cm³/mol. The smallest absolute Gasteiger partial charge is 0.134 e. The molecule has 3 heteroatoms. The highest BCUT2D eigenvalue weighted by Crippen LogP contribution is 2.21. The first kappa shape index (κ1) is 9.75. The minimum atomic E-state index is 0.430. The Labute approximate surface area is 88.5 Å². The van der Waals surface area contributed by atoms with E-state index in [2.05, 4.69) is 6.07 Å². The molecule has 76 valence electrons. The van der Waals surface area contributed by atoms with Gasteiger partial charge >= 0.3 is 0 Å². The van der Waals surface area contributed by atoms with Crippen molar-refractivity contribution in [1.29, 1.82) is 5.26 Å². The molecule has 1 aromatic carbocycles. The molecule has 0 spiro atoms. The fourth-order valence-corrected chi connectivity index (χ4v) is 1.62. The molecule has 0 aliphatic heterocycles. The molecule has 1 aromatic heterocycles. The van der Waals surface area contributed by atoms with Crippen LogP contribution in [0.25, 0.3) is 11.0 Å². The van der Waals surface area contributed by atoms with E-state index < -0.39 is 0 Å². The van der Waals surface area contributed by atoms with Crippen LogP contribution in [-0.2, 0) is 6.54 Å². The fraction of sp³-hybridized carbons (Fsp3) is 0.250. The molecule has 2 rings (SSSR count).